The van der Waals surface area contributed by atoms with Gasteiger partial charge in [0, 0.05) is 0 Å². The molecule has 5 heteroatoms. The first-order chi connectivity index (χ1) is 4.68. The Balaban J connectivity index is 3.30. The third-order valence-corrected chi connectivity index (χ3v) is 2.62. The number of nitrogens with two attached hydrogens (primary N) is 1. The quantitative estimate of drug-likeness (QED) is 0.471. The van der Waals surface area contributed by atoms with Crippen LogP contribution >= 0.6 is 11.8 Å². The molecule has 1 unspecified atom stereocenters. The molecule has 0 aliphatic rings. The normalized spacial score (nSPS) is 12.5. The molecule has 0 aromatic carbocycles. The van der Waals surface area contributed by atoms with Crippen molar-refractivity contribution in [2.24, 2.45) is 5.73 Å². The molecule has 0 aromatic heterocycles. The molecule has 0 aliphatic heterocycles. The van der Waals surface area contributed by atoms with E-state index in [1.54, 1.807) is 0 Å². The summed E-state index contributed by atoms with van der Waals surface area (Å²) in [6.45, 7) is 0. The number of thioether (sulfide) groups is 1. The van der Waals surface area contributed by atoms with Gasteiger partial charge in [-0.1, -0.05) is 0 Å². The van der Waals surface area contributed by atoms with Crippen molar-refractivity contribution in [1.29, 1.82) is 0 Å². The van der Waals surface area contributed by atoms with Crippen LogP contribution in [0.2, 0.25) is 0 Å². The molecule has 0 saturated carbocycles. The van der Waals surface area contributed by atoms with Crippen LogP contribution in [-0.2, 0) is 4.79 Å². The summed E-state index contributed by atoms with van der Waals surface area (Å²) in [6.07, 6.45) is 0. The third-order valence-electron chi connectivity index (χ3n) is 0.800. The molecule has 0 aliphatic carbocycles. The molecule has 10 heavy (non-hydrogen) atoms. The Bertz CT molecular complexity index is 131. The van der Waals surface area contributed by atoms with Crippen molar-refractivity contribution in [3.63, 3.8) is 0 Å². The van der Waals surface area contributed by atoms with Gasteiger partial charge >= 0.3 is 71.4 Å². The Labute approximate surface area is 71.7 Å². The predicted octanol–water partition coefficient (Wildman–Crippen LogP) is -0.898. The van der Waals surface area contributed by atoms with Crippen molar-refractivity contribution < 1.29 is 9.90 Å². The molecule has 0 fully saturated rings. The summed E-state index contributed by atoms with van der Waals surface area (Å²) >= 11 is 4.21. The van der Waals surface area contributed by atoms with Gasteiger partial charge < -0.3 is 0 Å². The molecule has 58 valence electrons. The molecule has 0 radical (unpaired) electrons. The summed E-state index contributed by atoms with van der Waals surface area (Å²) in [4.78, 5) is 12.0. The molecule has 0 rings (SSSR count). The van der Waals surface area contributed by atoms with Crippen LogP contribution in [0.15, 0.2) is 0 Å². The summed E-state index contributed by atoms with van der Waals surface area (Å²) in [5.74, 6) is 0.335. The van der Waals surface area contributed by atoms with E-state index in [2.05, 4.69) is 15.6 Å². The van der Waals surface area contributed by atoms with Gasteiger partial charge in [-0.3, -0.25) is 0 Å². The second-order valence-corrected chi connectivity index (χ2v) is 3.42. The van der Waals surface area contributed by atoms with Crippen LogP contribution in [0.25, 0.3) is 0 Å². The van der Waals surface area contributed by atoms with Crippen molar-refractivity contribution in [2.45, 2.75) is 6.04 Å². The number of carboxylic acid groups (broad SMARTS) is 1. The zero-order chi connectivity index (χ0) is 7.98. The average molecular weight is 226 g/mol. The van der Waals surface area contributed by atoms with E-state index in [1.165, 1.54) is 11.8 Å². The summed E-state index contributed by atoms with van der Waals surface area (Å²) in [6, 6.07) is -0.732. The topological polar surface area (TPSA) is 63.3 Å². The number of carbonyl (C=O) groups is 1. The van der Waals surface area contributed by atoms with E-state index in [1.807, 2.05) is 4.92 Å². The molecular formula is C5H9NO2SSe. The Morgan fingerprint density at radius 2 is 2.50 bits per heavy atom. The minimum absolute atomic E-state index is 0.466. The molecule has 3 nitrogen and oxygen atoms in total. The van der Waals surface area contributed by atoms with Gasteiger partial charge in [-0.15, -0.1) is 0 Å². The van der Waals surface area contributed by atoms with Crippen molar-refractivity contribution in [3.8, 4) is 0 Å². The van der Waals surface area contributed by atoms with Gasteiger partial charge in [0.25, 0.3) is 0 Å². The van der Waals surface area contributed by atoms with Crippen molar-refractivity contribution in [2.75, 3.05) is 11.5 Å². The van der Waals surface area contributed by atoms with Crippen LogP contribution in [0.5, 0.6) is 0 Å². The second kappa shape index (κ2) is 5.92. The van der Waals surface area contributed by atoms with Crippen LogP contribution in [-0.4, -0.2) is 49.1 Å². The number of carboxylic acids is 1. The first kappa shape index (κ1) is 10.2. The van der Waals surface area contributed by atoms with Crippen LogP contribution < -0.4 is 5.73 Å². The zero-order valence-corrected chi connectivity index (χ0v) is 7.85. The van der Waals surface area contributed by atoms with Gasteiger partial charge in [-0.25, -0.2) is 0 Å². The number of hydrogen-bond acceptors (Lipinski definition) is 3. The summed E-state index contributed by atoms with van der Waals surface area (Å²) in [5.41, 5.74) is 5.21. The van der Waals surface area contributed by atoms with E-state index in [0.717, 1.165) is 5.75 Å². The fourth-order valence-corrected chi connectivity index (χ4v) is 1.55. The Hall–Kier alpha value is 0.169. The van der Waals surface area contributed by atoms with E-state index in [-0.39, 0.29) is 0 Å². The van der Waals surface area contributed by atoms with E-state index in [9.17, 15) is 4.79 Å². The van der Waals surface area contributed by atoms with Crippen LogP contribution in [0.4, 0.5) is 0 Å². The van der Waals surface area contributed by atoms with E-state index in [0.29, 0.717) is 5.75 Å². The summed E-state index contributed by atoms with van der Waals surface area (Å²) in [5, 5.41) is 8.32. The van der Waals surface area contributed by atoms with Crippen molar-refractivity contribution in [1.82, 2.24) is 0 Å². The molecule has 0 aromatic rings. The fraction of sp³-hybridized carbons (Fsp3) is 0.600. The van der Waals surface area contributed by atoms with Gasteiger partial charge in [0.15, 0.2) is 0 Å². The summed E-state index contributed by atoms with van der Waals surface area (Å²) in [7, 11) is 0. The van der Waals surface area contributed by atoms with Crippen LogP contribution in [0.3, 0.4) is 0 Å². The van der Waals surface area contributed by atoms with Gasteiger partial charge in [-0.05, 0) is 0 Å². The van der Waals surface area contributed by atoms with Crippen molar-refractivity contribution >= 4 is 38.2 Å². The van der Waals surface area contributed by atoms with Crippen molar-refractivity contribution in [3.05, 3.63) is 0 Å². The zero-order valence-electron chi connectivity index (χ0n) is 5.32. The molecule has 0 amide bonds. The second-order valence-electron chi connectivity index (χ2n) is 1.65. The Morgan fingerprint density at radius 3 is 2.90 bits per heavy atom. The Kier molecular flexibility index (Phi) is 6.02. The van der Waals surface area contributed by atoms with E-state index >= 15 is 0 Å². The number of aliphatic carboxylic acids is 1. The van der Waals surface area contributed by atoms with Crippen LogP contribution in [0, 0.1) is 0 Å². The third kappa shape index (κ3) is 4.99. The first-order valence-electron chi connectivity index (χ1n) is 2.68. The Morgan fingerprint density at radius 1 is 1.90 bits per heavy atom. The summed E-state index contributed by atoms with van der Waals surface area (Å²) < 4.78 is 0. The molecular weight excluding hydrogens is 217 g/mol. The molecule has 0 bridgehead atoms. The SMILES string of the molecule is NC(CSCC=[Se])C(=O)O. The van der Waals surface area contributed by atoms with Gasteiger partial charge in [-0.2, -0.15) is 0 Å². The molecule has 3 N–H and O–H groups in total. The first-order valence-corrected chi connectivity index (χ1v) is 4.82. The maximum absolute atomic E-state index is 10.1. The van der Waals surface area contributed by atoms with Crippen LogP contribution in [0.1, 0.15) is 0 Å². The number of hydrogen-bond donors (Lipinski definition) is 2. The maximum atomic E-state index is 10.1. The van der Waals surface area contributed by atoms with E-state index in [4.69, 9.17) is 10.8 Å². The van der Waals surface area contributed by atoms with Gasteiger partial charge in [0.2, 0.25) is 0 Å². The fourth-order valence-electron chi connectivity index (χ4n) is 0.314. The molecule has 1 atom stereocenters. The predicted molar refractivity (Wildman–Crippen MR) is 44.8 cm³/mol. The molecule has 0 spiro atoms. The average Bonchev–Trinajstić information content (AvgIpc) is 1.88. The number of rotatable bonds is 5. The van der Waals surface area contributed by atoms with Gasteiger partial charge in [0.1, 0.15) is 0 Å². The van der Waals surface area contributed by atoms with Gasteiger partial charge in [0.05, 0.1) is 0 Å². The van der Waals surface area contributed by atoms with E-state index < -0.39 is 12.0 Å². The monoisotopic (exact) mass is 227 g/mol. The standard InChI is InChI=1S/C5H9NO2SSe/c6-4(5(7)8)3-9-1-2-10/h2,4H,1,3,6H2,(H,7,8). The molecule has 0 heterocycles. The molecule has 0 saturated heterocycles. The minimum atomic E-state index is -0.937.